The van der Waals surface area contributed by atoms with Crippen LogP contribution in [0.25, 0.3) is 0 Å². The van der Waals surface area contributed by atoms with E-state index in [4.69, 9.17) is 5.11 Å². The monoisotopic (exact) mass is 253 g/mol. The van der Waals surface area contributed by atoms with Gasteiger partial charge in [-0.15, -0.1) is 0 Å². The Morgan fingerprint density at radius 2 is 2.17 bits per heavy atom. The van der Waals surface area contributed by atoms with Crippen molar-refractivity contribution in [2.75, 3.05) is 13.2 Å². The van der Waals surface area contributed by atoms with Crippen LogP contribution in [0.15, 0.2) is 18.2 Å². The normalized spacial score (nSPS) is 16.3. The lowest BCUT2D eigenvalue weighted by Gasteiger charge is -2.14. The Morgan fingerprint density at radius 1 is 1.44 bits per heavy atom. The maximum atomic E-state index is 13.0. The van der Waals surface area contributed by atoms with Crippen molar-refractivity contribution in [1.29, 1.82) is 0 Å². The number of rotatable bonds is 5. The van der Waals surface area contributed by atoms with Crippen LogP contribution >= 0.6 is 0 Å². The second-order valence-electron chi connectivity index (χ2n) is 4.82. The third-order valence-electron chi connectivity index (χ3n) is 3.43. The molecule has 0 radical (unpaired) electrons. The van der Waals surface area contributed by atoms with Gasteiger partial charge in [-0.25, -0.2) is 4.39 Å². The van der Waals surface area contributed by atoms with Crippen LogP contribution in [0.5, 0.6) is 5.75 Å². The maximum absolute atomic E-state index is 13.0. The molecule has 1 aliphatic rings. The number of carbonyl (C=O) groups excluding carboxylic acids is 1. The molecule has 0 saturated heterocycles. The molecule has 4 nitrogen and oxygen atoms in total. The molecule has 1 aromatic rings. The summed E-state index contributed by atoms with van der Waals surface area (Å²) in [7, 11) is 0. The highest BCUT2D eigenvalue weighted by Crippen LogP contribution is 2.47. The number of aliphatic hydroxyl groups is 1. The topological polar surface area (TPSA) is 69.6 Å². The lowest BCUT2D eigenvalue weighted by Crippen LogP contribution is -2.30. The molecule has 0 heterocycles. The first-order valence-corrected chi connectivity index (χ1v) is 5.94. The van der Waals surface area contributed by atoms with Crippen molar-refractivity contribution >= 4 is 5.91 Å². The van der Waals surface area contributed by atoms with Crippen molar-refractivity contribution in [1.82, 2.24) is 5.32 Å². The highest BCUT2D eigenvalue weighted by Gasteiger charge is 2.41. The van der Waals surface area contributed by atoms with E-state index in [1.807, 2.05) is 0 Å². The van der Waals surface area contributed by atoms with Crippen molar-refractivity contribution in [2.24, 2.45) is 5.41 Å². The van der Waals surface area contributed by atoms with E-state index in [1.165, 1.54) is 0 Å². The minimum Gasteiger partial charge on any atom is -0.507 e. The van der Waals surface area contributed by atoms with Crippen LogP contribution in [0.2, 0.25) is 0 Å². The number of halogens is 1. The third-order valence-corrected chi connectivity index (χ3v) is 3.43. The molecule has 1 amide bonds. The van der Waals surface area contributed by atoms with Crippen LogP contribution in [0.1, 0.15) is 29.6 Å². The van der Waals surface area contributed by atoms with E-state index in [1.54, 1.807) is 0 Å². The van der Waals surface area contributed by atoms with Gasteiger partial charge in [-0.3, -0.25) is 4.79 Å². The molecule has 2 rings (SSSR count). The first-order chi connectivity index (χ1) is 8.56. The van der Waals surface area contributed by atoms with E-state index < -0.39 is 11.7 Å². The minimum absolute atomic E-state index is 0.00659. The average Bonchev–Trinajstić information content (AvgIpc) is 3.10. The van der Waals surface area contributed by atoms with E-state index in [2.05, 4.69) is 5.32 Å². The van der Waals surface area contributed by atoms with Gasteiger partial charge in [0.1, 0.15) is 11.6 Å². The van der Waals surface area contributed by atoms with Crippen LogP contribution in [-0.2, 0) is 0 Å². The van der Waals surface area contributed by atoms with Crippen LogP contribution < -0.4 is 5.32 Å². The number of amides is 1. The number of hydrogen-bond acceptors (Lipinski definition) is 3. The second kappa shape index (κ2) is 4.94. The molecule has 98 valence electrons. The molecule has 0 atom stereocenters. The summed E-state index contributed by atoms with van der Waals surface area (Å²) in [5.41, 5.74) is -0.0670. The molecule has 0 bridgehead atoms. The highest BCUT2D eigenvalue weighted by atomic mass is 19.1. The van der Waals surface area contributed by atoms with E-state index >= 15 is 0 Å². The summed E-state index contributed by atoms with van der Waals surface area (Å²) in [5.74, 6) is -1.29. The molecule has 0 aromatic heterocycles. The summed E-state index contributed by atoms with van der Waals surface area (Å²) < 4.78 is 13.0. The number of aliphatic hydroxyl groups excluding tert-OH is 1. The van der Waals surface area contributed by atoms with Gasteiger partial charge in [-0.05, 0) is 42.9 Å². The van der Waals surface area contributed by atoms with E-state index in [0.29, 0.717) is 13.0 Å². The zero-order chi connectivity index (χ0) is 13.2. The van der Waals surface area contributed by atoms with Gasteiger partial charge in [0.05, 0.1) is 5.56 Å². The summed E-state index contributed by atoms with van der Waals surface area (Å²) in [4.78, 5) is 11.8. The van der Waals surface area contributed by atoms with Crippen molar-refractivity contribution in [3.05, 3.63) is 29.6 Å². The maximum Gasteiger partial charge on any atom is 0.255 e. The standard InChI is InChI=1S/C13H16FNO3/c14-9-1-2-11(17)10(7-9)12(18)15-8-13(3-4-13)5-6-16/h1-2,7,16-17H,3-6,8H2,(H,15,18). The first kappa shape index (κ1) is 12.8. The Kier molecular flexibility index (Phi) is 3.52. The number of hydrogen-bond donors (Lipinski definition) is 3. The van der Waals surface area contributed by atoms with Gasteiger partial charge in [0.15, 0.2) is 0 Å². The Bertz CT molecular complexity index is 458. The van der Waals surface area contributed by atoms with Crippen LogP contribution in [0, 0.1) is 11.2 Å². The van der Waals surface area contributed by atoms with Crippen LogP contribution in [0.3, 0.4) is 0 Å². The van der Waals surface area contributed by atoms with Crippen molar-refractivity contribution in [3.63, 3.8) is 0 Å². The molecule has 18 heavy (non-hydrogen) atoms. The molecule has 0 aliphatic heterocycles. The molecule has 1 aromatic carbocycles. The number of nitrogens with one attached hydrogen (secondary N) is 1. The smallest absolute Gasteiger partial charge is 0.255 e. The van der Waals surface area contributed by atoms with E-state index in [0.717, 1.165) is 31.0 Å². The van der Waals surface area contributed by atoms with E-state index in [-0.39, 0.29) is 23.3 Å². The Labute approximate surface area is 104 Å². The quantitative estimate of drug-likeness (QED) is 0.743. The Morgan fingerprint density at radius 3 is 2.78 bits per heavy atom. The number of phenolic OH excluding ortho intramolecular Hbond substituents is 1. The number of phenols is 1. The van der Waals surface area contributed by atoms with Gasteiger partial charge in [-0.2, -0.15) is 0 Å². The number of aromatic hydroxyl groups is 1. The molecular weight excluding hydrogens is 237 g/mol. The zero-order valence-electron chi connectivity index (χ0n) is 9.95. The predicted octanol–water partition coefficient (Wildman–Crippen LogP) is 1.42. The molecule has 1 fully saturated rings. The lowest BCUT2D eigenvalue weighted by atomic mass is 10.0. The van der Waals surface area contributed by atoms with E-state index in [9.17, 15) is 14.3 Å². The molecule has 3 N–H and O–H groups in total. The summed E-state index contributed by atoms with van der Waals surface area (Å²) in [6, 6.07) is 3.27. The summed E-state index contributed by atoms with van der Waals surface area (Å²) in [5, 5.41) is 21.1. The van der Waals surface area contributed by atoms with Gasteiger partial charge in [-0.1, -0.05) is 0 Å². The molecule has 1 aliphatic carbocycles. The molecule has 0 spiro atoms. The van der Waals surface area contributed by atoms with Crippen molar-refractivity contribution in [2.45, 2.75) is 19.3 Å². The first-order valence-electron chi connectivity index (χ1n) is 5.94. The number of carbonyl (C=O) groups is 1. The van der Waals surface area contributed by atoms with Gasteiger partial charge in [0, 0.05) is 13.2 Å². The number of benzene rings is 1. The highest BCUT2D eigenvalue weighted by molar-refractivity contribution is 5.96. The van der Waals surface area contributed by atoms with Gasteiger partial charge in [0.25, 0.3) is 5.91 Å². The molecule has 0 unspecified atom stereocenters. The largest absolute Gasteiger partial charge is 0.507 e. The summed E-state index contributed by atoms with van der Waals surface area (Å²) >= 11 is 0. The predicted molar refractivity (Wildman–Crippen MR) is 63.8 cm³/mol. The fraction of sp³-hybridized carbons (Fsp3) is 0.462. The van der Waals surface area contributed by atoms with Crippen molar-refractivity contribution in [3.8, 4) is 5.75 Å². The fourth-order valence-electron chi connectivity index (χ4n) is 1.98. The van der Waals surface area contributed by atoms with Crippen LogP contribution in [-0.4, -0.2) is 29.3 Å². The Hall–Kier alpha value is -1.62. The Balaban J connectivity index is 1.98. The van der Waals surface area contributed by atoms with Gasteiger partial charge in [0.2, 0.25) is 0 Å². The van der Waals surface area contributed by atoms with Gasteiger partial charge < -0.3 is 15.5 Å². The fourth-order valence-corrected chi connectivity index (χ4v) is 1.98. The van der Waals surface area contributed by atoms with Crippen LogP contribution in [0.4, 0.5) is 4.39 Å². The SMILES string of the molecule is O=C(NCC1(CCO)CC1)c1cc(F)ccc1O. The zero-order valence-corrected chi connectivity index (χ0v) is 9.95. The summed E-state index contributed by atoms with van der Waals surface area (Å²) in [6.45, 7) is 0.545. The molecular formula is C13H16FNO3. The summed E-state index contributed by atoms with van der Waals surface area (Å²) in [6.07, 6.45) is 2.61. The molecule has 1 saturated carbocycles. The minimum atomic E-state index is -0.561. The molecule has 5 heteroatoms. The van der Waals surface area contributed by atoms with Gasteiger partial charge >= 0.3 is 0 Å². The second-order valence-corrected chi connectivity index (χ2v) is 4.82. The average molecular weight is 253 g/mol. The third kappa shape index (κ3) is 2.79. The lowest BCUT2D eigenvalue weighted by molar-refractivity contribution is 0.0937. The van der Waals surface area contributed by atoms with Crippen molar-refractivity contribution < 1.29 is 19.4 Å².